The minimum atomic E-state index is -0.874. The average Bonchev–Trinajstić information content (AvgIpc) is 2.82. The van der Waals surface area contributed by atoms with Crippen LogP contribution >= 0.6 is 0 Å². The molecule has 33 heavy (non-hydrogen) atoms. The van der Waals surface area contributed by atoms with Gasteiger partial charge in [-0.1, -0.05) is 12.1 Å². The third-order valence-electron chi connectivity index (χ3n) is 4.61. The lowest BCUT2D eigenvalue weighted by molar-refractivity contribution is 0.0526. The van der Waals surface area contributed by atoms with Crippen molar-refractivity contribution in [3.63, 3.8) is 0 Å². The molecule has 8 heteroatoms. The summed E-state index contributed by atoms with van der Waals surface area (Å²) in [6, 6.07) is 15.7. The van der Waals surface area contributed by atoms with E-state index in [4.69, 9.17) is 18.6 Å². The molecule has 0 N–H and O–H groups in total. The lowest BCUT2D eigenvalue weighted by atomic mass is 10.2. The quantitative estimate of drug-likeness (QED) is 0.299. The fraction of sp³-hybridized carbons (Fsp3) is 0.0800. The van der Waals surface area contributed by atoms with E-state index in [2.05, 4.69) is 0 Å². The molecule has 4 aromatic rings. The Morgan fingerprint density at radius 2 is 1.67 bits per heavy atom. The highest BCUT2D eigenvalue weighted by molar-refractivity contribution is 5.92. The zero-order valence-electron chi connectivity index (χ0n) is 17.4. The molecule has 7 nitrogen and oxygen atoms in total. The van der Waals surface area contributed by atoms with E-state index in [1.807, 2.05) is 0 Å². The van der Waals surface area contributed by atoms with Crippen molar-refractivity contribution in [2.45, 2.75) is 6.92 Å². The standard InChI is InChI=1S/C25H17FO7/c1-2-30-24(28)15-7-9-16(10-8-15)32-22-14-31-21-13-17(11-12-19(21)23(22)27)33-25(29)18-5-3-4-6-20(18)26/h3-14H,2H2,1H3. The number of carbonyl (C=O) groups excluding carboxylic acids is 2. The number of ether oxygens (including phenoxy) is 3. The molecule has 4 rings (SSSR count). The van der Waals surface area contributed by atoms with Crippen molar-refractivity contribution < 1.29 is 32.6 Å². The fourth-order valence-corrected chi connectivity index (χ4v) is 3.01. The second-order valence-corrected chi connectivity index (χ2v) is 6.80. The van der Waals surface area contributed by atoms with E-state index in [9.17, 15) is 18.8 Å². The zero-order valence-corrected chi connectivity index (χ0v) is 17.4. The molecule has 0 spiro atoms. The number of hydrogen-bond acceptors (Lipinski definition) is 7. The molecule has 0 radical (unpaired) electrons. The van der Waals surface area contributed by atoms with Crippen molar-refractivity contribution in [3.05, 3.63) is 100 Å². The summed E-state index contributed by atoms with van der Waals surface area (Å²) in [4.78, 5) is 36.7. The highest BCUT2D eigenvalue weighted by atomic mass is 19.1. The summed E-state index contributed by atoms with van der Waals surface area (Å²) >= 11 is 0. The van der Waals surface area contributed by atoms with Gasteiger partial charge in [0.05, 0.1) is 23.1 Å². The molecular weight excluding hydrogens is 431 g/mol. The zero-order chi connectivity index (χ0) is 23.4. The monoisotopic (exact) mass is 448 g/mol. The lowest BCUT2D eigenvalue weighted by Gasteiger charge is -2.08. The molecule has 0 saturated heterocycles. The Morgan fingerprint density at radius 1 is 0.939 bits per heavy atom. The number of rotatable bonds is 6. The van der Waals surface area contributed by atoms with Crippen LogP contribution in [-0.2, 0) is 4.74 Å². The van der Waals surface area contributed by atoms with E-state index in [0.717, 1.165) is 12.3 Å². The van der Waals surface area contributed by atoms with Gasteiger partial charge >= 0.3 is 11.9 Å². The van der Waals surface area contributed by atoms with Crippen molar-refractivity contribution in [2.24, 2.45) is 0 Å². The van der Waals surface area contributed by atoms with Gasteiger partial charge in [-0.05, 0) is 55.5 Å². The van der Waals surface area contributed by atoms with Crippen LogP contribution in [0.5, 0.6) is 17.2 Å². The number of benzene rings is 3. The van der Waals surface area contributed by atoms with Gasteiger partial charge in [0.25, 0.3) is 0 Å². The van der Waals surface area contributed by atoms with Crippen LogP contribution in [0.25, 0.3) is 11.0 Å². The minimum Gasteiger partial charge on any atom is -0.462 e. The predicted molar refractivity (Wildman–Crippen MR) is 116 cm³/mol. The van der Waals surface area contributed by atoms with Crippen LogP contribution in [-0.4, -0.2) is 18.5 Å². The summed E-state index contributed by atoms with van der Waals surface area (Å²) in [5, 5.41) is 0.196. The fourth-order valence-electron chi connectivity index (χ4n) is 3.01. The van der Waals surface area contributed by atoms with Crippen LogP contribution in [0.2, 0.25) is 0 Å². The molecule has 0 unspecified atom stereocenters. The lowest BCUT2D eigenvalue weighted by Crippen LogP contribution is -2.11. The van der Waals surface area contributed by atoms with Crippen LogP contribution in [0.3, 0.4) is 0 Å². The molecular formula is C25H17FO7. The first kappa shape index (κ1) is 21.8. The summed E-state index contributed by atoms with van der Waals surface area (Å²) in [5.74, 6) is -1.69. The SMILES string of the molecule is CCOC(=O)c1ccc(Oc2coc3cc(OC(=O)c4ccccc4F)ccc3c2=O)cc1. The number of hydrogen-bond donors (Lipinski definition) is 0. The molecule has 0 aliphatic heterocycles. The van der Waals surface area contributed by atoms with E-state index < -0.39 is 23.2 Å². The third-order valence-corrected chi connectivity index (χ3v) is 4.61. The van der Waals surface area contributed by atoms with E-state index in [1.165, 1.54) is 60.7 Å². The molecule has 1 aromatic heterocycles. The van der Waals surface area contributed by atoms with Gasteiger partial charge in [-0.15, -0.1) is 0 Å². The van der Waals surface area contributed by atoms with Crippen molar-refractivity contribution in [2.75, 3.05) is 6.61 Å². The van der Waals surface area contributed by atoms with Gasteiger partial charge < -0.3 is 18.6 Å². The van der Waals surface area contributed by atoms with Crippen molar-refractivity contribution in [1.29, 1.82) is 0 Å². The molecule has 0 atom stereocenters. The molecule has 0 saturated carbocycles. The largest absolute Gasteiger partial charge is 0.462 e. The van der Waals surface area contributed by atoms with Crippen LogP contribution < -0.4 is 14.9 Å². The molecule has 3 aromatic carbocycles. The van der Waals surface area contributed by atoms with Crippen molar-refractivity contribution in [3.8, 4) is 17.2 Å². The molecule has 1 heterocycles. The highest BCUT2D eigenvalue weighted by Gasteiger charge is 2.15. The first-order valence-corrected chi connectivity index (χ1v) is 9.93. The van der Waals surface area contributed by atoms with E-state index in [1.54, 1.807) is 6.92 Å². The normalized spacial score (nSPS) is 10.6. The number of halogens is 1. The van der Waals surface area contributed by atoms with Crippen molar-refractivity contribution in [1.82, 2.24) is 0 Å². The summed E-state index contributed by atoms with van der Waals surface area (Å²) in [6.45, 7) is 1.98. The Bertz CT molecular complexity index is 1390. The van der Waals surface area contributed by atoms with Crippen LogP contribution in [0, 0.1) is 5.82 Å². The van der Waals surface area contributed by atoms with Gasteiger partial charge in [-0.3, -0.25) is 4.79 Å². The molecule has 0 amide bonds. The molecule has 0 aliphatic carbocycles. The van der Waals surface area contributed by atoms with Crippen LogP contribution in [0.4, 0.5) is 4.39 Å². The molecule has 0 aliphatic rings. The maximum Gasteiger partial charge on any atom is 0.346 e. The van der Waals surface area contributed by atoms with E-state index in [-0.39, 0.29) is 34.6 Å². The molecule has 166 valence electrons. The highest BCUT2D eigenvalue weighted by Crippen LogP contribution is 2.25. The maximum absolute atomic E-state index is 13.8. The smallest absolute Gasteiger partial charge is 0.346 e. The van der Waals surface area contributed by atoms with Gasteiger partial charge in [-0.2, -0.15) is 0 Å². The van der Waals surface area contributed by atoms with E-state index in [0.29, 0.717) is 11.3 Å². The topological polar surface area (TPSA) is 92.0 Å². The second-order valence-electron chi connectivity index (χ2n) is 6.80. The summed E-state index contributed by atoms with van der Waals surface area (Å²) in [7, 11) is 0. The summed E-state index contributed by atoms with van der Waals surface area (Å²) < 4.78 is 35.0. The molecule has 0 fully saturated rings. The van der Waals surface area contributed by atoms with E-state index >= 15 is 0 Å². The number of carbonyl (C=O) groups is 2. The summed E-state index contributed by atoms with van der Waals surface area (Å²) in [5.41, 5.74) is -0.148. The maximum atomic E-state index is 13.8. The summed E-state index contributed by atoms with van der Waals surface area (Å²) in [6.07, 6.45) is 1.13. The Morgan fingerprint density at radius 3 is 2.39 bits per heavy atom. The number of fused-ring (bicyclic) bond motifs is 1. The van der Waals surface area contributed by atoms with Crippen LogP contribution in [0.1, 0.15) is 27.6 Å². The Hall–Kier alpha value is -4.46. The predicted octanol–water partition coefficient (Wildman–Crippen LogP) is 5.12. The van der Waals surface area contributed by atoms with Gasteiger partial charge in [0.1, 0.15) is 29.2 Å². The second kappa shape index (κ2) is 9.35. The van der Waals surface area contributed by atoms with Gasteiger partial charge in [0.15, 0.2) is 0 Å². The first-order valence-electron chi connectivity index (χ1n) is 9.93. The van der Waals surface area contributed by atoms with Gasteiger partial charge in [0, 0.05) is 6.07 Å². The Labute approximate surface area is 186 Å². The average molecular weight is 448 g/mol. The van der Waals surface area contributed by atoms with Crippen LogP contribution in [0.15, 0.2) is 82.2 Å². The third kappa shape index (κ3) is 4.74. The Kier molecular flexibility index (Phi) is 6.17. The van der Waals surface area contributed by atoms with Gasteiger partial charge in [-0.25, -0.2) is 14.0 Å². The van der Waals surface area contributed by atoms with Crippen molar-refractivity contribution >= 4 is 22.9 Å². The van der Waals surface area contributed by atoms with Gasteiger partial charge in [0.2, 0.25) is 11.2 Å². The first-order chi connectivity index (χ1) is 16.0. The number of esters is 2. The Balaban J connectivity index is 1.53. The minimum absolute atomic E-state index is 0.0671. The molecule has 0 bridgehead atoms.